The van der Waals surface area contributed by atoms with Gasteiger partial charge in [-0.05, 0) is 54.3 Å². The largest absolute Gasteiger partial charge is 0.423 e. The van der Waals surface area contributed by atoms with E-state index in [0.29, 0.717) is 17.2 Å². The Morgan fingerprint density at radius 2 is 1.64 bits per heavy atom. The Bertz CT molecular complexity index is 869. The molecule has 0 radical (unpaired) electrons. The normalized spacial score (nSPS) is 11.8. The highest BCUT2D eigenvalue weighted by Gasteiger charge is 2.18. The lowest BCUT2D eigenvalue weighted by molar-refractivity contribution is 0.0733. The molecule has 0 aliphatic heterocycles. The molecular formula is C19H23NO4S. The van der Waals surface area contributed by atoms with Crippen molar-refractivity contribution in [3.63, 3.8) is 0 Å². The maximum Gasteiger partial charge on any atom is 0.343 e. The van der Waals surface area contributed by atoms with Gasteiger partial charge in [0.05, 0.1) is 10.5 Å². The van der Waals surface area contributed by atoms with Crippen molar-refractivity contribution >= 4 is 16.0 Å². The first-order chi connectivity index (χ1) is 11.6. The first-order valence-electron chi connectivity index (χ1n) is 7.98. The summed E-state index contributed by atoms with van der Waals surface area (Å²) in [4.78, 5) is 12.5. The van der Waals surface area contributed by atoms with Crippen LogP contribution in [0, 0.1) is 6.92 Å². The summed E-state index contributed by atoms with van der Waals surface area (Å²) in [6.45, 7) is 6.01. The summed E-state index contributed by atoms with van der Waals surface area (Å²) < 4.78 is 30.7. The molecule has 2 aromatic rings. The Morgan fingerprint density at radius 1 is 1.04 bits per heavy atom. The van der Waals surface area contributed by atoms with Crippen LogP contribution in [0.2, 0.25) is 0 Å². The molecule has 0 saturated heterocycles. The van der Waals surface area contributed by atoms with Gasteiger partial charge in [0.2, 0.25) is 10.0 Å². The van der Waals surface area contributed by atoms with Crippen LogP contribution in [0.3, 0.4) is 0 Å². The zero-order chi connectivity index (χ0) is 18.8. The van der Waals surface area contributed by atoms with E-state index in [2.05, 4.69) is 13.8 Å². The molecule has 0 unspecified atom stereocenters. The first-order valence-corrected chi connectivity index (χ1v) is 9.42. The highest BCUT2D eigenvalue weighted by Crippen LogP contribution is 2.25. The summed E-state index contributed by atoms with van der Waals surface area (Å²) in [5.74, 6) is 0.326. The molecule has 0 heterocycles. The fraction of sp³-hybridized carbons (Fsp3) is 0.316. The number of rotatable bonds is 5. The van der Waals surface area contributed by atoms with Crippen LogP contribution >= 0.6 is 0 Å². The van der Waals surface area contributed by atoms with Crippen molar-refractivity contribution in [3.05, 3.63) is 59.2 Å². The van der Waals surface area contributed by atoms with Gasteiger partial charge in [-0.1, -0.05) is 26.0 Å². The third-order valence-corrected chi connectivity index (χ3v) is 5.78. The number of ether oxygens (including phenoxy) is 1. The number of carbonyl (C=O) groups excluding carboxylic acids is 1. The molecule has 2 aromatic carbocycles. The van der Waals surface area contributed by atoms with Crippen molar-refractivity contribution in [1.29, 1.82) is 0 Å². The van der Waals surface area contributed by atoms with E-state index in [1.165, 1.54) is 38.4 Å². The van der Waals surface area contributed by atoms with Crippen LogP contribution < -0.4 is 4.74 Å². The molecule has 0 saturated carbocycles. The molecule has 134 valence electrons. The molecule has 5 nitrogen and oxygen atoms in total. The van der Waals surface area contributed by atoms with Crippen molar-refractivity contribution in [2.45, 2.75) is 31.6 Å². The molecule has 0 fully saturated rings. The quantitative estimate of drug-likeness (QED) is 0.603. The Morgan fingerprint density at radius 3 is 2.16 bits per heavy atom. The summed E-state index contributed by atoms with van der Waals surface area (Å²) in [7, 11) is -0.598. The van der Waals surface area contributed by atoms with Gasteiger partial charge >= 0.3 is 5.97 Å². The molecule has 25 heavy (non-hydrogen) atoms. The SMILES string of the molecule is Cc1ccc(C(C)C)cc1OC(=O)c1ccc(S(=O)(=O)N(C)C)cc1. The number of esters is 1. The number of carbonyl (C=O) groups is 1. The zero-order valence-electron chi connectivity index (χ0n) is 15.1. The maximum absolute atomic E-state index is 12.4. The van der Waals surface area contributed by atoms with Gasteiger partial charge in [-0.25, -0.2) is 17.5 Å². The molecule has 0 aromatic heterocycles. The predicted octanol–water partition coefficient (Wildman–Crippen LogP) is 3.59. The third-order valence-electron chi connectivity index (χ3n) is 3.95. The molecule has 0 aliphatic carbocycles. The Hall–Kier alpha value is -2.18. The van der Waals surface area contributed by atoms with E-state index >= 15 is 0 Å². The molecule has 0 spiro atoms. The summed E-state index contributed by atoms with van der Waals surface area (Å²) in [6, 6.07) is 11.5. The summed E-state index contributed by atoms with van der Waals surface area (Å²) in [5.41, 5.74) is 2.25. The monoisotopic (exact) mass is 361 g/mol. The number of hydrogen-bond acceptors (Lipinski definition) is 4. The second-order valence-electron chi connectivity index (χ2n) is 6.38. The van der Waals surface area contributed by atoms with Crippen LogP contribution in [0.1, 0.15) is 41.3 Å². The fourth-order valence-corrected chi connectivity index (χ4v) is 3.12. The predicted molar refractivity (Wildman–Crippen MR) is 97.5 cm³/mol. The zero-order valence-corrected chi connectivity index (χ0v) is 15.9. The molecule has 2 rings (SSSR count). The highest BCUT2D eigenvalue weighted by molar-refractivity contribution is 7.89. The Balaban J connectivity index is 2.24. The van der Waals surface area contributed by atoms with E-state index in [-0.39, 0.29) is 4.90 Å². The standard InChI is InChI=1S/C19H23NO4S/c1-13(2)16-7-6-14(3)18(12-16)24-19(21)15-8-10-17(11-9-15)25(22,23)20(4)5/h6-13H,1-5H3. The van der Waals surface area contributed by atoms with Crippen molar-refractivity contribution in [1.82, 2.24) is 4.31 Å². The van der Waals surface area contributed by atoms with E-state index in [4.69, 9.17) is 4.74 Å². The molecule has 0 atom stereocenters. The number of hydrogen-bond donors (Lipinski definition) is 0. The van der Waals surface area contributed by atoms with E-state index < -0.39 is 16.0 Å². The summed E-state index contributed by atoms with van der Waals surface area (Å²) >= 11 is 0. The molecule has 0 amide bonds. The number of benzene rings is 2. The van der Waals surface area contributed by atoms with E-state index in [1.54, 1.807) is 0 Å². The second-order valence-corrected chi connectivity index (χ2v) is 8.53. The minimum Gasteiger partial charge on any atom is -0.423 e. The number of nitrogens with zero attached hydrogens (tertiary/aromatic N) is 1. The summed E-state index contributed by atoms with van der Waals surface area (Å²) in [6.07, 6.45) is 0. The van der Waals surface area contributed by atoms with Crippen molar-refractivity contribution < 1.29 is 17.9 Å². The van der Waals surface area contributed by atoms with E-state index in [1.807, 2.05) is 25.1 Å². The molecule has 0 aliphatic rings. The number of aryl methyl sites for hydroxylation is 1. The minimum absolute atomic E-state index is 0.132. The van der Waals surface area contributed by atoms with Crippen LogP contribution in [0.15, 0.2) is 47.4 Å². The number of sulfonamides is 1. The summed E-state index contributed by atoms with van der Waals surface area (Å²) in [5, 5.41) is 0. The van der Waals surface area contributed by atoms with Crippen molar-refractivity contribution in [2.24, 2.45) is 0 Å². The Labute approximate surface area is 149 Å². The van der Waals surface area contributed by atoms with Gasteiger partial charge < -0.3 is 4.74 Å². The van der Waals surface area contributed by atoms with Gasteiger partial charge in [0.1, 0.15) is 5.75 Å². The highest BCUT2D eigenvalue weighted by atomic mass is 32.2. The minimum atomic E-state index is -3.52. The smallest absolute Gasteiger partial charge is 0.343 e. The second kappa shape index (κ2) is 7.37. The lowest BCUT2D eigenvalue weighted by Gasteiger charge is -2.13. The Kier molecular flexibility index (Phi) is 5.65. The first kappa shape index (κ1) is 19.1. The third kappa shape index (κ3) is 4.27. The van der Waals surface area contributed by atoms with Crippen LogP contribution in [-0.2, 0) is 10.0 Å². The molecular weight excluding hydrogens is 338 g/mol. The maximum atomic E-state index is 12.4. The van der Waals surface area contributed by atoms with Gasteiger partial charge in [-0.3, -0.25) is 0 Å². The molecule has 0 bridgehead atoms. The van der Waals surface area contributed by atoms with Gasteiger partial charge in [-0.15, -0.1) is 0 Å². The average molecular weight is 361 g/mol. The van der Waals surface area contributed by atoms with E-state index in [9.17, 15) is 13.2 Å². The van der Waals surface area contributed by atoms with E-state index in [0.717, 1.165) is 15.4 Å². The fourth-order valence-electron chi connectivity index (χ4n) is 2.22. The van der Waals surface area contributed by atoms with Gasteiger partial charge in [0.25, 0.3) is 0 Å². The van der Waals surface area contributed by atoms with Crippen molar-refractivity contribution in [2.75, 3.05) is 14.1 Å². The van der Waals surface area contributed by atoms with Crippen molar-refractivity contribution in [3.8, 4) is 5.75 Å². The van der Waals surface area contributed by atoms with Crippen LogP contribution in [-0.4, -0.2) is 32.8 Å². The van der Waals surface area contributed by atoms with Gasteiger partial charge in [-0.2, -0.15) is 0 Å². The van der Waals surface area contributed by atoms with Gasteiger partial charge in [0.15, 0.2) is 0 Å². The van der Waals surface area contributed by atoms with Gasteiger partial charge in [0, 0.05) is 14.1 Å². The van der Waals surface area contributed by atoms with Crippen LogP contribution in [0.25, 0.3) is 0 Å². The topological polar surface area (TPSA) is 63.7 Å². The average Bonchev–Trinajstić information content (AvgIpc) is 2.56. The molecule has 6 heteroatoms. The lowest BCUT2D eigenvalue weighted by atomic mass is 10.0. The lowest BCUT2D eigenvalue weighted by Crippen LogP contribution is -2.22. The van der Waals surface area contributed by atoms with Crippen LogP contribution in [0.4, 0.5) is 0 Å². The molecule has 0 N–H and O–H groups in total. The van der Waals surface area contributed by atoms with Crippen LogP contribution in [0.5, 0.6) is 5.75 Å².